The summed E-state index contributed by atoms with van der Waals surface area (Å²) in [6.07, 6.45) is 9.21. The summed E-state index contributed by atoms with van der Waals surface area (Å²) >= 11 is 2.34. The van der Waals surface area contributed by atoms with Crippen LogP contribution in [0.25, 0.3) is 11.4 Å². The summed E-state index contributed by atoms with van der Waals surface area (Å²) in [7, 11) is 0. The number of aryl methyl sites for hydroxylation is 1. The molecular formula is C16H19IN2O. The zero-order chi connectivity index (χ0) is 13.8. The Labute approximate surface area is 133 Å². The van der Waals surface area contributed by atoms with Gasteiger partial charge in [-0.15, -0.1) is 0 Å². The van der Waals surface area contributed by atoms with E-state index in [1.54, 1.807) is 0 Å². The molecule has 1 unspecified atom stereocenters. The first-order valence-corrected chi connectivity index (χ1v) is 8.29. The van der Waals surface area contributed by atoms with Crippen molar-refractivity contribution >= 4 is 22.6 Å². The van der Waals surface area contributed by atoms with Gasteiger partial charge in [0.05, 0.1) is 6.10 Å². The Bertz CT molecular complexity index is 561. The van der Waals surface area contributed by atoms with E-state index in [2.05, 4.69) is 62.6 Å². The van der Waals surface area contributed by atoms with E-state index in [0.29, 0.717) is 6.10 Å². The standard InChI is InChI=1S/C16H19IN2O/c17-14-5-1-4-13(12-14)16-18-8-10-19(16)9-2-6-15-7-3-11-20-15/h1,4-5,8,10,12,15H,2-3,6-7,9,11H2. The van der Waals surface area contributed by atoms with Gasteiger partial charge in [-0.05, 0) is 60.4 Å². The molecule has 1 aromatic carbocycles. The van der Waals surface area contributed by atoms with Gasteiger partial charge in [0, 0.05) is 34.7 Å². The van der Waals surface area contributed by atoms with Gasteiger partial charge in [-0.2, -0.15) is 0 Å². The van der Waals surface area contributed by atoms with Crippen LogP contribution in [-0.2, 0) is 11.3 Å². The third kappa shape index (κ3) is 3.41. The first kappa shape index (κ1) is 14.1. The molecule has 1 fully saturated rings. The molecule has 0 saturated carbocycles. The van der Waals surface area contributed by atoms with Gasteiger partial charge >= 0.3 is 0 Å². The van der Waals surface area contributed by atoms with E-state index in [9.17, 15) is 0 Å². The molecule has 0 bridgehead atoms. The van der Waals surface area contributed by atoms with Crippen molar-refractivity contribution in [3.05, 3.63) is 40.2 Å². The Balaban J connectivity index is 1.64. The van der Waals surface area contributed by atoms with Crippen molar-refractivity contribution in [1.29, 1.82) is 0 Å². The minimum Gasteiger partial charge on any atom is -0.378 e. The summed E-state index contributed by atoms with van der Waals surface area (Å²) < 4.78 is 9.17. The minimum atomic E-state index is 0.486. The summed E-state index contributed by atoms with van der Waals surface area (Å²) in [5.41, 5.74) is 1.19. The van der Waals surface area contributed by atoms with Gasteiger partial charge in [0.25, 0.3) is 0 Å². The number of imidazole rings is 1. The van der Waals surface area contributed by atoms with Gasteiger partial charge in [-0.3, -0.25) is 0 Å². The fraction of sp³-hybridized carbons (Fsp3) is 0.438. The van der Waals surface area contributed by atoms with Crippen LogP contribution in [0.15, 0.2) is 36.7 Å². The quantitative estimate of drug-likeness (QED) is 0.728. The van der Waals surface area contributed by atoms with Crippen molar-refractivity contribution < 1.29 is 4.74 Å². The first-order chi connectivity index (χ1) is 9.83. The number of hydrogen-bond donors (Lipinski definition) is 0. The van der Waals surface area contributed by atoms with Crippen LogP contribution >= 0.6 is 22.6 Å². The molecule has 3 rings (SSSR count). The molecule has 0 aliphatic carbocycles. The number of hydrogen-bond acceptors (Lipinski definition) is 2. The van der Waals surface area contributed by atoms with Crippen LogP contribution in [0, 0.1) is 3.57 Å². The molecule has 0 spiro atoms. The average molecular weight is 382 g/mol. The topological polar surface area (TPSA) is 27.1 Å². The second-order valence-electron chi connectivity index (χ2n) is 5.23. The van der Waals surface area contributed by atoms with Crippen LogP contribution in [-0.4, -0.2) is 22.3 Å². The lowest BCUT2D eigenvalue weighted by molar-refractivity contribution is 0.101. The van der Waals surface area contributed by atoms with E-state index in [0.717, 1.165) is 31.8 Å². The van der Waals surface area contributed by atoms with Gasteiger partial charge in [-0.1, -0.05) is 12.1 Å². The van der Waals surface area contributed by atoms with Gasteiger partial charge in [-0.25, -0.2) is 4.98 Å². The second kappa shape index (κ2) is 6.72. The van der Waals surface area contributed by atoms with Gasteiger partial charge < -0.3 is 9.30 Å². The van der Waals surface area contributed by atoms with Crippen LogP contribution in [0.3, 0.4) is 0 Å². The van der Waals surface area contributed by atoms with Crippen LogP contribution in [0.2, 0.25) is 0 Å². The molecule has 2 aromatic rings. The van der Waals surface area contributed by atoms with Gasteiger partial charge in [0.2, 0.25) is 0 Å². The molecule has 106 valence electrons. The highest BCUT2D eigenvalue weighted by Crippen LogP contribution is 2.21. The molecule has 1 saturated heterocycles. The van der Waals surface area contributed by atoms with Crippen molar-refractivity contribution in [1.82, 2.24) is 9.55 Å². The van der Waals surface area contributed by atoms with Crippen LogP contribution < -0.4 is 0 Å². The maximum absolute atomic E-state index is 5.68. The maximum atomic E-state index is 5.68. The predicted molar refractivity (Wildman–Crippen MR) is 88.6 cm³/mol. The molecule has 0 radical (unpaired) electrons. The van der Waals surface area contributed by atoms with Crippen molar-refractivity contribution in [2.75, 3.05) is 6.61 Å². The molecule has 2 heterocycles. The van der Waals surface area contributed by atoms with E-state index in [1.807, 2.05) is 6.20 Å². The van der Waals surface area contributed by atoms with Crippen LogP contribution in [0.4, 0.5) is 0 Å². The van der Waals surface area contributed by atoms with E-state index in [1.165, 1.54) is 22.0 Å². The molecule has 4 heteroatoms. The van der Waals surface area contributed by atoms with Crippen molar-refractivity contribution in [2.45, 2.75) is 38.3 Å². The third-order valence-corrected chi connectivity index (χ3v) is 4.42. The lowest BCUT2D eigenvalue weighted by Gasteiger charge is -2.11. The maximum Gasteiger partial charge on any atom is 0.139 e. The number of ether oxygens (including phenoxy) is 1. The van der Waals surface area contributed by atoms with E-state index < -0.39 is 0 Å². The third-order valence-electron chi connectivity index (χ3n) is 3.75. The highest BCUT2D eigenvalue weighted by Gasteiger charge is 2.15. The number of benzene rings is 1. The number of nitrogens with zero attached hydrogens (tertiary/aromatic N) is 2. The summed E-state index contributed by atoms with van der Waals surface area (Å²) in [5.74, 6) is 1.07. The van der Waals surface area contributed by atoms with E-state index >= 15 is 0 Å². The molecule has 20 heavy (non-hydrogen) atoms. The molecule has 1 aliphatic rings. The number of aromatic nitrogens is 2. The number of halogens is 1. The SMILES string of the molecule is Ic1cccc(-c2nccn2CCCC2CCCO2)c1. The van der Waals surface area contributed by atoms with Crippen molar-refractivity contribution in [3.8, 4) is 11.4 Å². The minimum absolute atomic E-state index is 0.486. The largest absolute Gasteiger partial charge is 0.378 e. The van der Waals surface area contributed by atoms with E-state index in [4.69, 9.17) is 4.74 Å². The zero-order valence-electron chi connectivity index (χ0n) is 11.5. The highest BCUT2D eigenvalue weighted by atomic mass is 127. The Morgan fingerprint density at radius 2 is 2.35 bits per heavy atom. The summed E-state index contributed by atoms with van der Waals surface area (Å²) in [6.45, 7) is 1.96. The normalized spacial score (nSPS) is 18.6. The smallest absolute Gasteiger partial charge is 0.139 e. The summed E-state index contributed by atoms with van der Waals surface area (Å²) in [4.78, 5) is 4.51. The van der Waals surface area contributed by atoms with Crippen LogP contribution in [0.1, 0.15) is 25.7 Å². The Morgan fingerprint density at radius 3 is 3.15 bits per heavy atom. The predicted octanol–water partition coefficient (Wildman–Crippen LogP) is 4.11. The zero-order valence-corrected chi connectivity index (χ0v) is 13.6. The van der Waals surface area contributed by atoms with Gasteiger partial charge in [0.1, 0.15) is 5.82 Å². The first-order valence-electron chi connectivity index (χ1n) is 7.21. The molecule has 0 N–H and O–H groups in total. The molecular weight excluding hydrogens is 363 g/mol. The molecule has 1 atom stereocenters. The van der Waals surface area contributed by atoms with Crippen molar-refractivity contribution in [3.63, 3.8) is 0 Å². The Kier molecular flexibility index (Phi) is 4.73. The van der Waals surface area contributed by atoms with Crippen molar-refractivity contribution in [2.24, 2.45) is 0 Å². The molecule has 3 nitrogen and oxygen atoms in total. The fourth-order valence-corrected chi connectivity index (χ4v) is 3.28. The number of rotatable bonds is 5. The van der Waals surface area contributed by atoms with Crippen LogP contribution in [0.5, 0.6) is 0 Å². The summed E-state index contributed by atoms with van der Waals surface area (Å²) in [5, 5.41) is 0. The van der Waals surface area contributed by atoms with E-state index in [-0.39, 0.29) is 0 Å². The fourth-order valence-electron chi connectivity index (χ4n) is 2.74. The molecule has 0 amide bonds. The lowest BCUT2D eigenvalue weighted by atomic mass is 10.1. The molecule has 1 aromatic heterocycles. The van der Waals surface area contributed by atoms with Gasteiger partial charge in [0.15, 0.2) is 0 Å². The average Bonchev–Trinajstić information content (AvgIpc) is 3.10. The lowest BCUT2D eigenvalue weighted by Crippen LogP contribution is -2.07. The molecule has 1 aliphatic heterocycles. The monoisotopic (exact) mass is 382 g/mol. The second-order valence-corrected chi connectivity index (χ2v) is 6.48. The highest BCUT2D eigenvalue weighted by molar-refractivity contribution is 14.1. The Hall–Kier alpha value is -0.880. The Morgan fingerprint density at radius 1 is 1.40 bits per heavy atom. The summed E-state index contributed by atoms with van der Waals surface area (Å²) in [6, 6.07) is 8.50.